The standard InChI is InChI=1S/C33H34Cl2N4O4S3/c1-15-28(45-16(2)36-15)26(41)23-24(18-11-20(32(3,4)5)25(40)21(12-18)33(6,7)8)39(29(43)27(23)42)30-37-38-31(46-30)44-14-17-9-10-19(34)13-22(17)35/h9-13,24,40,42H,14H2,1-8H3. The van der Waals surface area contributed by atoms with E-state index in [-0.39, 0.29) is 16.5 Å². The van der Waals surface area contributed by atoms with Crippen molar-refractivity contribution in [2.75, 3.05) is 4.90 Å². The van der Waals surface area contributed by atoms with Gasteiger partial charge >= 0.3 is 0 Å². The number of ketones is 1. The molecule has 0 aliphatic carbocycles. The van der Waals surface area contributed by atoms with Crippen molar-refractivity contribution in [2.45, 2.75) is 82.4 Å². The second-order valence-corrected chi connectivity index (χ2v) is 17.4. The lowest BCUT2D eigenvalue weighted by atomic mass is 9.77. The van der Waals surface area contributed by atoms with Gasteiger partial charge < -0.3 is 10.2 Å². The predicted octanol–water partition coefficient (Wildman–Crippen LogP) is 9.29. The van der Waals surface area contributed by atoms with Crippen LogP contribution in [0.15, 0.2) is 46.0 Å². The number of carbonyl (C=O) groups excluding carboxylic acids is 2. The highest BCUT2D eigenvalue weighted by Gasteiger charge is 2.47. The van der Waals surface area contributed by atoms with Crippen LogP contribution in [-0.2, 0) is 21.4 Å². The summed E-state index contributed by atoms with van der Waals surface area (Å²) in [5.41, 5.74) is 2.21. The molecule has 1 unspecified atom stereocenters. The van der Waals surface area contributed by atoms with Crippen molar-refractivity contribution in [3.63, 3.8) is 0 Å². The number of rotatable bonds is 7. The maximum Gasteiger partial charge on any atom is 0.296 e. The number of aromatic nitrogens is 3. The molecule has 13 heteroatoms. The fraction of sp³-hybridized carbons (Fsp3) is 0.364. The first-order valence-electron chi connectivity index (χ1n) is 14.4. The molecule has 8 nitrogen and oxygen atoms in total. The lowest BCUT2D eigenvalue weighted by Crippen LogP contribution is -2.31. The summed E-state index contributed by atoms with van der Waals surface area (Å²) in [7, 11) is 0. The molecular formula is C33H34Cl2N4O4S3. The van der Waals surface area contributed by atoms with Gasteiger partial charge in [0.2, 0.25) is 10.9 Å². The van der Waals surface area contributed by atoms with Gasteiger partial charge in [-0.1, -0.05) is 93.9 Å². The van der Waals surface area contributed by atoms with E-state index in [2.05, 4.69) is 15.2 Å². The van der Waals surface area contributed by atoms with Crippen molar-refractivity contribution < 1.29 is 19.8 Å². The molecule has 1 atom stereocenters. The number of aliphatic hydroxyl groups is 1. The molecule has 5 rings (SSSR count). The highest BCUT2D eigenvalue weighted by Crippen LogP contribution is 2.48. The Bertz CT molecular complexity index is 1870. The smallest absolute Gasteiger partial charge is 0.296 e. The molecule has 0 fully saturated rings. The number of carbonyl (C=O) groups is 2. The van der Waals surface area contributed by atoms with Crippen molar-refractivity contribution >= 4 is 74.5 Å². The van der Waals surface area contributed by atoms with Gasteiger partial charge in [0.25, 0.3) is 5.91 Å². The molecule has 46 heavy (non-hydrogen) atoms. The summed E-state index contributed by atoms with van der Waals surface area (Å²) in [6.45, 7) is 15.4. The summed E-state index contributed by atoms with van der Waals surface area (Å²) in [4.78, 5) is 34.2. The number of thiazole rings is 1. The fourth-order valence-corrected chi connectivity index (χ4v) is 8.61. The van der Waals surface area contributed by atoms with Crippen molar-refractivity contribution in [3.05, 3.63) is 89.5 Å². The van der Waals surface area contributed by atoms with Gasteiger partial charge in [0.05, 0.1) is 27.2 Å². The summed E-state index contributed by atoms with van der Waals surface area (Å²) in [6, 6.07) is 7.86. The first-order valence-corrected chi connectivity index (χ1v) is 17.8. The highest BCUT2D eigenvalue weighted by atomic mass is 35.5. The van der Waals surface area contributed by atoms with Crippen LogP contribution in [0.4, 0.5) is 5.13 Å². The Morgan fingerprint density at radius 2 is 1.61 bits per heavy atom. The van der Waals surface area contributed by atoms with E-state index in [4.69, 9.17) is 23.2 Å². The molecule has 1 aliphatic heterocycles. The third-order valence-electron chi connectivity index (χ3n) is 7.59. The van der Waals surface area contributed by atoms with E-state index in [1.807, 2.05) is 59.7 Å². The van der Waals surface area contributed by atoms with Crippen LogP contribution in [0.2, 0.25) is 10.0 Å². The number of amides is 1. The minimum absolute atomic E-state index is 0.0699. The maximum absolute atomic E-state index is 14.2. The normalized spacial score (nSPS) is 15.7. The van der Waals surface area contributed by atoms with Crippen LogP contribution >= 0.6 is 57.6 Å². The van der Waals surface area contributed by atoms with Gasteiger partial charge in [0.15, 0.2) is 10.1 Å². The van der Waals surface area contributed by atoms with Crippen LogP contribution < -0.4 is 4.90 Å². The summed E-state index contributed by atoms with van der Waals surface area (Å²) >= 11 is 16.2. The number of anilines is 1. The van der Waals surface area contributed by atoms with Crippen molar-refractivity contribution in [1.29, 1.82) is 0 Å². The number of aromatic hydroxyl groups is 1. The number of nitrogens with zero attached hydrogens (tertiary/aromatic N) is 4. The zero-order valence-corrected chi connectivity index (χ0v) is 30.6. The molecule has 0 saturated heterocycles. The predicted molar refractivity (Wildman–Crippen MR) is 187 cm³/mol. The van der Waals surface area contributed by atoms with Gasteiger partial charge in [-0.2, -0.15) is 0 Å². The Hall–Kier alpha value is -2.96. The molecule has 1 aliphatic rings. The van der Waals surface area contributed by atoms with E-state index in [0.717, 1.165) is 5.56 Å². The van der Waals surface area contributed by atoms with Gasteiger partial charge in [-0.05, 0) is 71.2 Å². The van der Waals surface area contributed by atoms with Crippen LogP contribution in [0, 0.1) is 13.8 Å². The molecule has 0 radical (unpaired) electrons. The summed E-state index contributed by atoms with van der Waals surface area (Å²) in [6.07, 6.45) is 0. The Balaban J connectivity index is 1.65. The lowest BCUT2D eigenvalue weighted by Gasteiger charge is -2.31. The third-order valence-corrected chi connectivity index (χ3v) is 11.4. The molecule has 242 valence electrons. The van der Waals surface area contributed by atoms with Crippen LogP contribution in [0.3, 0.4) is 0 Å². The van der Waals surface area contributed by atoms with E-state index in [9.17, 15) is 19.8 Å². The van der Waals surface area contributed by atoms with Crippen LogP contribution in [0.5, 0.6) is 5.75 Å². The average Bonchev–Trinajstić information content (AvgIpc) is 3.62. The molecule has 2 aromatic carbocycles. The minimum Gasteiger partial charge on any atom is -0.507 e. The molecule has 0 saturated carbocycles. The Kier molecular flexibility index (Phi) is 9.40. The third kappa shape index (κ3) is 6.57. The first kappa shape index (κ1) is 34.4. The van der Waals surface area contributed by atoms with Crippen LogP contribution in [0.25, 0.3) is 0 Å². The van der Waals surface area contributed by atoms with E-state index in [0.29, 0.717) is 52.4 Å². The van der Waals surface area contributed by atoms with Crippen LogP contribution in [-0.4, -0.2) is 37.1 Å². The minimum atomic E-state index is -1.04. The molecule has 2 aromatic heterocycles. The van der Waals surface area contributed by atoms with E-state index < -0.39 is 34.3 Å². The number of Topliss-reactive ketones (excluding diaryl/α,β-unsaturated/α-hetero) is 1. The van der Waals surface area contributed by atoms with Gasteiger partial charge in [0, 0.05) is 15.8 Å². The number of phenols is 1. The summed E-state index contributed by atoms with van der Waals surface area (Å²) in [5.74, 6) is -1.25. The number of thioether (sulfide) groups is 1. The lowest BCUT2D eigenvalue weighted by molar-refractivity contribution is -0.117. The highest BCUT2D eigenvalue weighted by molar-refractivity contribution is 8.00. The van der Waals surface area contributed by atoms with E-state index in [1.54, 1.807) is 26.0 Å². The maximum atomic E-state index is 14.2. The number of halogens is 2. The number of hydrogen-bond acceptors (Lipinski definition) is 10. The summed E-state index contributed by atoms with van der Waals surface area (Å²) < 4.78 is 0.567. The number of phenolic OH excluding ortho intramolecular Hbond substituents is 1. The zero-order chi connectivity index (χ0) is 33.9. The van der Waals surface area contributed by atoms with Gasteiger partial charge in [0.1, 0.15) is 5.75 Å². The topological polar surface area (TPSA) is 117 Å². The molecule has 1 amide bonds. The molecule has 2 N–H and O–H groups in total. The van der Waals surface area contributed by atoms with Crippen molar-refractivity contribution in [2.24, 2.45) is 0 Å². The second kappa shape index (κ2) is 12.6. The SMILES string of the molecule is Cc1nc(C)c(C(=O)C2=C(O)C(=O)N(c3nnc(SCc4ccc(Cl)cc4Cl)s3)C2c2cc(C(C)(C)C)c(O)c(C(C)(C)C)c2)s1. The first-order chi connectivity index (χ1) is 21.4. The van der Waals surface area contributed by atoms with Gasteiger partial charge in [-0.3, -0.25) is 14.5 Å². The monoisotopic (exact) mass is 716 g/mol. The molecular weight excluding hydrogens is 683 g/mol. The molecule has 0 bridgehead atoms. The largest absolute Gasteiger partial charge is 0.507 e. The quantitative estimate of drug-likeness (QED) is 0.110. The summed E-state index contributed by atoms with van der Waals surface area (Å²) in [5, 5.41) is 33.5. The average molecular weight is 718 g/mol. The van der Waals surface area contributed by atoms with E-state index >= 15 is 0 Å². The molecule has 3 heterocycles. The molecule has 0 spiro atoms. The van der Waals surface area contributed by atoms with Crippen molar-refractivity contribution in [3.8, 4) is 5.75 Å². The number of hydrogen-bond donors (Lipinski definition) is 2. The van der Waals surface area contributed by atoms with Crippen molar-refractivity contribution in [1.82, 2.24) is 15.2 Å². The van der Waals surface area contributed by atoms with Crippen LogP contribution in [0.1, 0.15) is 90.2 Å². The second-order valence-electron chi connectivity index (χ2n) is 13.2. The Morgan fingerprint density at radius 3 is 2.15 bits per heavy atom. The fourth-order valence-electron chi connectivity index (χ4n) is 5.31. The van der Waals surface area contributed by atoms with E-state index in [1.165, 1.54) is 39.3 Å². The molecule has 4 aromatic rings. The zero-order valence-electron chi connectivity index (χ0n) is 26.7. The van der Waals surface area contributed by atoms with Gasteiger partial charge in [-0.15, -0.1) is 21.5 Å². The van der Waals surface area contributed by atoms with Gasteiger partial charge in [-0.25, -0.2) is 4.98 Å². The Morgan fingerprint density at radius 1 is 0.978 bits per heavy atom. The number of benzene rings is 2. The Labute approximate surface area is 290 Å². The number of aryl methyl sites for hydroxylation is 2. The number of aliphatic hydroxyl groups excluding tert-OH is 1.